The summed E-state index contributed by atoms with van der Waals surface area (Å²) in [6.45, 7) is 4.08. The molecule has 1 heterocycles. The summed E-state index contributed by atoms with van der Waals surface area (Å²) < 4.78 is 12.1. The number of carbonyl (C=O) groups is 1. The summed E-state index contributed by atoms with van der Waals surface area (Å²) in [6, 6.07) is 11.2. The van der Waals surface area contributed by atoms with Crippen molar-refractivity contribution >= 4 is 23.4 Å². The number of rotatable bonds is 7. The Labute approximate surface area is 167 Å². The van der Waals surface area contributed by atoms with Gasteiger partial charge in [0, 0.05) is 6.07 Å². The van der Waals surface area contributed by atoms with E-state index in [4.69, 9.17) is 9.47 Å². The molecule has 0 saturated carbocycles. The Balaban J connectivity index is 1.69. The Morgan fingerprint density at radius 3 is 2.64 bits per heavy atom. The minimum atomic E-state index is -0.203. The van der Waals surface area contributed by atoms with Crippen molar-refractivity contribution < 1.29 is 14.3 Å². The number of methoxy groups -OCH3 is 2. The molecule has 3 aromatic rings. The van der Waals surface area contributed by atoms with E-state index in [0.29, 0.717) is 22.3 Å². The first-order chi connectivity index (χ1) is 13.5. The normalized spacial score (nSPS) is 10.6. The summed E-state index contributed by atoms with van der Waals surface area (Å²) in [7, 11) is 3.11. The van der Waals surface area contributed by atoms with Gasteiger partial charge >= 0.3 is 0 Å². The Morgan fingerprint density at radius 1 is 1.11 bits per heavy atom. The Bertz CT molecular complexity index is 989. The number of aryl methyl sites for hydroxylation is 2. The maximum Gasteiger partial charge on any atom is 0.234 e. The van der Waals surface area contributed by atoms with E-state index in [1.807, 2.05) is 32.0 Å². The molecule has 0 spiro atoms. The van der Waals surface area contributed by atoms with Crippen LogP contribution in [0.2, 0.25) is 0 Å². The number of hydrogen-bond donors (Lipinski definition) is 1. The molecule has 1 N–H and O–H groups in total. The van der Waals surface area contributed by atoms with E-state index in [9.17, 15) is 4.79 Å². The average molecular weight is 399 g/mol. The van der Waals surface area contributed by atoms with Crippen molar-refractivity contribution in [1.82, 2.24) is 20.2 Å². The fraction of sp³-hybridized carbons (Fsp3) is 0.263. The van der Waals surface area contributed by atoms with Crippen molar-refractivity contribution in [1.29, 1.82) is 0 Å². The van der Waals surface area contributed by atoms with E-state index in [-0.39, 0.29) is 11.7 Å². The summed E-state index contributed by atoms with van der Waals surface area (Å²) in [4.78, 5) is 12.4. The van der Waals surface area contributed by atoms with Crippen LogP contribution in [0.15, 0.2) is 41.6 Å². The second-order valence-electron chi connectivity index (χ2n) is 6.04. The average Bonchev–Trinajstić information content (AvgIpc) is 3.17. The Morgan fingerprint density at radius 2 is 1.93 bits per heavy atom. The van der Waals surface area contributed by atoms with Gasteiger partial charge in [-0.2, -0.15) is 4.68 Å². The van der Waals surface area contributed by atoms with Gasteiger partial charge in [0.1, 0.15) is 11.5 Å². The van der Waals surface area contributed by atoms with Gasteiger partial charge in [0.2, 0.25) is 11.1 Å². The molecule has 9 heteroatoms. The molecule has 0 aliphatic rings. The lowest BCUT2D eigenvalue weighted by Crippen LogP contribution is -2.15. The van der Waals surface area contributed by atoms with Gasteiger partial charge in [-0.1, -0.05) is 17.8 Å². The lowest BCUT2D eigenvalue weighted by Gasteiger charge is -2.11. The van der Waals surface area contributed by atoms with Crippen LogP contribution in [-0.2, 0) is 4.79 Å². The molecule has 0 radical (unpaired) electrons. The zero-order valence-electron chi connectivity index (χ0n) is 16.1. The summed E-state index contributed by atoms with van der Waals surface area (Å²) in [5, 5.41) is 15.2. The fourth-order valence-corrected chi connectivity index (χ4v) is 3.21. The van der Waals surface area contributed by atoms with Gasteiger partial charge in [0.05, 0.1) is 31.3 Å². The zero-order chi connectivity index (χ0) is 20.1. The van der Waals surface area contributed by atoms with Gasteiger partial charge in [0.25, 0.3) is 0 Å². The first-order valence-corrected chi connectivity index (χ1v) is 9.51. The minimum Gasteiger partial charge on any atom is -0.497 e. The third kappa shape index (κ3) is 4.42. The number of anilines is 1. The van der Waals surface area contributed by atoms with Crippen LogP contribution in [0.25, 0.3) is 5.69 Å². The molecular formula is C19H21N5O3S. The molecule has 8 nitrogen and oxygen atoms in total. The highest BCUT2D eigenvalue weighted by molar-refractivity contribution is 7.99. The standard InChI is InChI=1S/C19H21N5O3S/c1-12-5-6-14(9-13(12)2)24-19(21-22-23-24)28-11-18(25)20-16-10-15(26-3)7-8-17(16)27-4/h5-10H,11H2,1-4H3,(H,20,25). The summed E-state index contributed by atoms with van der Waals surface area (Å²) in [6.07, 6.45) is 0. The topological polar surface area (TPSA) is 91.2 Å². The number of nitrogens with zero attached hydrogens (tertiary/aromatic N) is 4. The lowest BCUT2D eigenvalue weighted by atomic mass is 10.1. The van der Waals surface area contributed by atoms with Crippen molar-refractivity contribution in [2.24, 2.45) is 0 Å². The monoisotopic (exact) mass is 399 g/mol. The maximum absolute atomic E-state index is 12.4. The van der Waals surface area contributed by atoms with E-state index in [1.165, 1.54) is 17.3 Å². The quantitative estimate of drug-likeness (QED) is 0.611. The Hall–Kier alpha value is -3.07. The number of aromatic nitrogens is 4. The van der Waals surface area contributed by atoms with E-state index in [1.54, 1.807) is 37.1 Å². The molecule has 0 atom stereocenters. The first-order valence-electron chi connectivity index (χ1n) is 8.52. The molecule has 3 rings (SSSR count). The lowest BCUT2D eigenvalue weighted by molar-refractivity contribution is -0.113. The molecule has 1 amide bonds. The van der Waals surface area contributed by atoms with Gasteiger partial charge in [-0.15, -0.1) is 5.10 Å². The number of ether oxygens (including phenoxy) is 2. The Kier molecular flexibility index (Phi) is 6.15. The van der Waals surface area contributed by atoms with Crippen molar-refractivity contribution in [2.75, 3.05) is 25.3 Å². The first kappa shape index (κ1) is 19.7. The van der Waals surface area contributed by atoms with Gasteiger partial charge in [-0.3, -0.25) is 4.79 Å². The van der Waals surface area contributed by atoms with Crippen LogP contribution in [0.3, 0.4) is 0 Å². The highest BCUT2D eigenvalue weighted by atomic mass is 32.2. The molecule has 1 aromatic heterocycles. The second kappa shape index (κ2) is 8.75. The minimum absolute atomic E-state index is 0.144. The summed E-state index contributed by atoms with van der Waals surface area (Å²) in [5.41, 5.74) is 3.73. The van der Waals surface area contributed by atoms with Crippen molar-refractivity contribution in [3.63, 3.8) is 0 Å². The molecule has 0 bridgehead atoms. The van der Waals surface area contributed by atoms with Gasteiger partial charge in [-0.05, 0) is 59.7 Å². The number of hydrogen-bond acceptors (Lipinski definition) is 7. The second-order valence-corrected chi connectivity index (χ2v) is 6.99. The highest BCUT2D eigenvalue weighted by Crippen LogP contribution is 2.29. The van der Waals surface area contributed by atoms with Crippen molar-refractivity contribution in [3.8, 4) is 17.2 Å². The number of tetrazole rings is 1. The predicted molar refractivity (Wildman–Crippen MR) is 108 cm³/mol. The summed E-state index contributed by atoms with van der Waals surface area (Å²) in [5.74, 6) is 1.12. The van der Waals surface area contributed by atoms with Crippen LogP contribution in [0.5, 0.6) is 11.5 Å². The summed E-state index contributed by atoms with van der Waals surface area (Å²) >= 11 is 1.25. The molecule has 0 fully saturated rings. The predicted octanol–water partition coefficient (Wildman–Crippen LogP) is 3.03. The molecule has 0 saturated heterocycles. The van der Waals surface area contributed by atoms with Crippen LogP contribution in [0.1, 0.15) is 11.1 Å². The van der Waals surface area contributed by atoms with Crippen LogP contribution in [-0.4, -0.2) is 46.1 Å². The largest absolute Gasteiger partial charge is 0.497 e. The molecule has 2 aromatic carbocycles. The van der Waals surface area contributed by atoms with Gasteiger partial charge in [-0.25, -0.2) is 0 Å². The number of carbonyl (C=O) groups excluding carboxylic acids is 1. The molecule has 0 aliphatic heterocycles. The maximum atomic E-state index is 12.4. The van der Waals surface area contributed by atoms with E-state index < -0.39 is 0 Å². The number of nitrogens with one attached hydrogen (secondary N) is 1. The number of thioether (sulfide) groups is 1. The number of amides is 1. The van der Waals surface area contributed by atoms with Crippen LogP contribution < -0.4 is 14.8 Å². The SMILES string of the molecule is COc1ccc(OC)c(NC(=O)CSc2nnnn2-c2ccc(C)c(C)c2)c1. The highest BCUT2D eigenvalue weighted by Gasteiger charge is 2.14. The number of benzene rings is 2. The molecule has 0 aliphatic carbocycles. The fourth-order valence-electron chi connectivity index (χ4n) is 2.52. The smallest absolute Gasteiger partial charge is 0.234 e. The third-order valence-electron chi connectivity index (χ3n) is 4.19. The molecular weight excluding hydrogens is 378 g/mol. The van der Waals surface area contributed by atoms with E-state index in [0.717, 1.165) is 11.3 Å². The zero-order valence-corrected chi connectivity index (χ0v) is 16.9. The third-order valence-corrected chi connectivity index (χ3v) is 5.11. The molecule has 28 heavy (non-hydrogen) atoms. The molecule has 0 unspecified atom stereocenters. The van der Waals surface area contributed by atoms with Gasteiger partial charge in [0.15, 0.2) is 0 Å². The van der Waals surface area contributed by atoms with Crippen molar-refractivity contribution in [3.05, 3.63) is 47.5 Å². The van der Waals surface area contributed by atoms with Gasteiger partial charge < -0.3 is 14.8 Å². The van der Waals surface area contributed by atoms with E-state index in [2.05, 4.69) is 20.8 Å². The van der Waals surface area contributed by atoms with Crippen molar-refractivity contribution in [2.45, 2.75) is 19.0 Å². The van der Waals surface area contributed by atoms with Crippen LogP contribution >= 0.6 is 11.8 Å². The molecule has 146 valence electrons. The van der Waals surface area contributed by atoms with Crippen LogP contribution in [0, 0.1) is 13.8 Å². The van der Waals surface area contributed by atoms with Crippen LogP contribution in [0.4, 0.5) is 5.69 Å². The van der Waals surface area contributed by atoms with E-state index >= 15 is 0 Å².